The van der Waals surface area contributed by atoms with E-state index < -0.39 is 29.7 Å². The summed E-state index contributed by atoms with van der Waals surface area (Å²) in [4.78, 5) is 53.6. The minimum Gasteiger partial charge on any atom is -0.496 e. The summed E-state index contributed by atoms with van der Waals surface area (Å²) in [5, 5.41) is 7.38. The van der Waals surface area contributed by atoms with Crippen molar-refractivity contribution in [3.8, 4) is 5.75 Å². The zero-order valence-electron chi connectivity index (χ0n) is 19.6. The molecular formula is C24H31N5O5. The van der Waals surface area contributed by atoms with E-state index in [-0.39, 0.29) is 18.1 Å². The maximum absolute atomic E-state index is 13.1. The second-order valence-corrected chi connectivity index (χ2v) is 8.12. The van der Waals surface area contributed by atoms with Crippen molar-refractivity contribution in [3.63, 3.8) is 0 Å². The molecule has 182 valence electrons. The number of hydrogen-bond donors (Lipinski definition) is 4. The molecule has 2 aromatic rings. The fourth-order valence-electron chi connectivity index (χ4n) is 3.90. The van der Waals surface area contributed by atoms with Gasteiger partial charge in [0.25, 0.3) is 17.7 Å². The van der Waals surface area contributed by atoms with Gasteiger partial charge in [-0.15, -0.1) is 0 Å². The number of H-pyrrole nitrogens is 1. The minimum absolute atomic E-state index is 0.0509. The van der Waals surface area contributed by atoms with E-state index in [1.54, 1.807) is 32.2 Å². The minimum atomic E-state index is -0.871. The lowest BCUT2D eigenvalue weighted by Gasteiger charge is -2.27. The molecule has 4 amide bonds. The maximum atomic E-state index is 13.1. The van der Waals surface area contributed by atoms with E-state index in [0.29, 0.717) is 31.6 Å². The molecule has 0 radical (unpaired) electrons. The largest absolute Gasteiger partial charge is 0.496 e. The van der Waals surface area contributed by atoms with Crippen LogP contribution in [0.2, 0.25) is 0 Å². The third-order valence-corrected chi connectivity index (χ3v) is 5.67. The number of allylic oxidation sites excluding steroid dienone is 1. The zero-order chi connectivity index (χ0) is 24.7. The molecule has 1 fully saturated rings. The summed E-state index contributed by atoms with van der Waals surface area (Å²) in [6.45, 7) is 4.17. The molecule has 0 saturated carbocycles. The van der Waals surface area contributed by atoms with E-state index >= 15 is 0 Å². The fraction of sp³-hybridized carbons (Fsp3) is 0.417. The smallest absolute Gasteiger partial charge is 0.268 e. The molecule has 10 nitrogen and oxygen atoms in total. The number of methoxy groups -OCH3 is 1. The number of aromatic nitrogens is 1. The fourth-order valence-corrected chi connectivity index (χ4v) is 3.90. The van der Waals surface area contributed by atoms with Crippen molar-refractivity contribution in [2.75, 3.05) is 20.2 Å². The van der Waals surface area contributed by atoms with Gasteiger partial charge in [0.05, 0.1) is 19.6 Å². The summed E-state index contributed by atoms with van der Waals surface area (Å²) in [6, 6.07) is 6.24. The maximum Gasteiger partial charge on any atom is 0.268 e. The molecule has 1 saturated heterocycles. The summed E-state index contributed by atoms with van der Waals surface area (Å²) in [5.41, 5.74) is 3.63. The van der Waals surface area contributed by atoms with Crippen molar-refractivity contribution in [2.45, 2.75) is 39.2 Å². The summed E-state index contributed by atoms with van der Waals surface area (Å²) in [6.07, 6.45) is 4.46. The predicted molar refractivity (Wildman–Crippen MR) is 127 cm³/mol. The topological polar surface area (TPSA) is 133 Å². The van der Waals surface area contributed by atoms with E-state index in [0.717, 1.165) is 15.9 Å². The molecule has 10 heteroatoms. The van der Waals surface area contributed by atoms with Crippen molar-refractivity contribution in [3.05, 3.63) is 42.1 Å². The number of nitrogens with one attached hydrogen (secondary N) is 4. The van der Waals surface area contributed by atoms with Crippen LogP contribution in [0.25, 0.3) is 10.9 Å². The van der Waals surface area contributed by atoms with Crippen molar-refractivity contribution in [1.29, 1.82) is 0 Å². The van der Waals surface area contributed by atoms with E-state index in [2.05, 4.69) is 21.0 Å². The van der Waals surface area contributed by atoms with Gasteiger partial charge in [-0.1, -0.05) is 25.5 Å². The molecule has 0 aliphatic carbocycles. The number of carbonyl (C=O) groups is 4. The Bertz CT molecular complexity index is 1090. The van der Waals surface area contributed by atoms with E-state index in [9.17, 15) is 19.2 Å². The van der Waals surface area contributed by atoms with E-state index in [4.69, 9.17) is 4.74 Å². The highest BCUT2D eigenvalue weighted by molar-refractivity contribution is 6.01. The van der Waals surface area contributed by atoms with Gasteiger partial charge >= 0.3 is 0 Å². The quantitative estimate of drug-likeness (QED) is 0.327. The summed E-state index contributed by atoms with van der Waals surface area (Å²) in [5.74, 6) is -1.35. The Hall–Kier alpha value is -3.82. The first kappa shape index (κ1) is 24.8. The van der Waals surface area contributed by atoms with Crippen LogP contribution in [-0.4, -0.2) is 59.9 Å². The van der Waals surface area contributed by atoms with Crippen molar-refractivity contribution in [1.82, 2.24) is 26.1 Å². The van der Waals surface area contributed by atoms with Gasteiger partial charge in [-0.05, 0) is 38.0 Å². The zero-order valence-corrected chi connectivity index (χ0v) is 19.6. The van der Waals surface area contributed by atoms with Crippen molar-refractivity contribution < 1.29 is 23.9 Å². The normalized spacial score (nSPS) is 16.3. The van der Waals surface area contributed by atoms with Gasteiger partial charge in [0, 0.05) is 23.5 Å². The molecule has 1 aliphatic rings. The Balaban J connectivity index is 1.74. The average molecular weight is 470 g/mol. The number of ether oxygens (including phenoxy) is 1. The Morgan fingerprint density at radius 1 is 1.32 bits per heavy atom. The third kappa shape index (κ3) is 5.75. The second kappa shape index (κ2) is 11.4. The molecule has 0 bridgehead atoms. The lowest BCUT2D eigenvalue weighted by molar-refractivity contribution is -0.140. The summed E-state index contributed by atoms with van der Waals surface area (Å²) in [7, 11) is 1.55. The Kier molecular flexibility index (Phi) is 8.29. The molecule has 1 aliphatic heterocycles. The van der Waals surface area contributed by atoms with Crippen molar-refractivity contribution >= 4 is 34.5 Å². The van der Waals surface area contributed by atoms with Gasteiger partial charge < -0.3 is 20.4 Å². The highest BCUT2D eigenvalue weighted by Crippen LogP contribution is 2.26. The summed E-state index contributed by atoms with van der Waals surface area (Å²) < 4.78 is 5.34. The van der Waals surface area contributed by atoms with Gasteiger partial charge in [0.15, 0.2) is 0 Å². The molecule has 1 aromatic carbocycles. The Morgan fingerprint density at radius 3 is 2.76 bits per heavy atom. The van der Waals surface area contributed by atoms with Crippen LogP contribution in [-0.2, 0) is 14.4 Å². The number of hydrogen-bond acceptors (Lipinski definition) is 5. The number of hydrazine groups is 1. The van der Waals surface area contributed by atoms with Crippen LogP contribution in [0.3, 0.4) is 0 Å². The van der Waals surface area contributed by atoms with Crippen LogP contribution in [0.4, 0.5) is 0 Å². The lowest BCUT2D eigenvalue weighted by Crippen LogP contribution is -2.55. The monoisotopic (exact) mass is 469 g/mol. The molecule has 2 heterocycles. The molecule has 34 heavy (non-hydrogen) atoms. The third-order valence-electron chi connectivity index (χ3n) is 5.67. The molecule has 4 N–H and O–H groups in total. The second-order valence-electron chi connectivity index (χ2n) is 8.12. The first-order chi connectivity index (χ1) is 16.4. The Labute approximate surface area is 198 Å². The molecular weight excluding hydrogens is 438 g/mol. The number of amides is 4. The first-order valence-electron chi connectivity index (χ1n) is 11.4. The number of rotatable bonds is 9. The standard InChI is InChI=1S/C24H31N5O5/c1-4-7-18(27-23(32)19-13-16-17(26-19)9-6-10-20(16)34-3)24(33)28-29(21(30)8-5-2)14-15-11-12-25-22(15)31/h5-6,8-10,13,15,18,26H,4,7,11-12,14H2,1-3H3,(H,25,31)(H,27,32)(H,28,33)/b8-5+/t15-,18-/m0/s1. The van der Waals surface area contributed by atoms with E-state index in [1.807, 2.05) is 19.1 Å². The van der Waals surface area contributed by atoms with Gasteiger partial charge in [-0.3, -0.25) is 24.6 Å². The number of carbonyl (C=O) groups excluding carboxylic acids is 4. The van der Waals surface area contributed by atoms with Gasteiger partial charge in [0.2, 0.25) is 5.91 Å². The van der Waals surface area contributed by atoms with Crippen molar-refractivity contribution in [2.24, 2.45) is 5.92 Å². The van der Waals surface area contributed by atoms with Crippen LogP contribution >= 0.6 is 0 Å². The number of benzene rings is 1. The molecule has 2 atom stereocenters. The first-order valence-corrected chi connectivity index (χ1v) is 11.4. The van der Waals surface area contributed by atoms with Crippen LogP contribution in [0.5, 0.6) is 5.75 Å². The van der Waals surface area contributed by atoms with Crippen LogP contribution in [0, 0.1) is 5.92 Å². The van der Waals surface area contributed by atoms with Crippen LogP contribution in [0.1, 0.15) is 43.6 Å². The highest BCUT2D eigenvalue weighted by Gasteiger charge is 2.30. The van der Waals surface area contributed by atoms with E-state index in [1.165, 1.54) is 6.08 Å². The summed E-state index contributed by atoms with van der Waals surface area (Å²) >= 11 is 0. The molecule has 0 unspecified atom stereocenters. The van der Waals surface area contributed by atoms with Gasteiger partial charge in [-0.2, -0.15) is 0 Å². The molecule has 3 rings (SSSR count). The molecule has 1 aromatic heterocycles. The lowest BCUT2D eigenvalue weighted by atomic mass is 10.1. The number of nitrogens with zero attached hydrogens (tertiary/aromatic N) is 1. The highest BCUT2D eigenvalue weighted by atomic mass is 16.5. The SMILES string of the molecule is C/C=C/C(=O)N(C[C@@H]1CCNC1=O)NC(=O)[C@H](CCC)NC(=O)c1cc2c(OC)cccc2[nH]1. The van der Waals surface area contributed by atoms with Crippen LogP contribution in [0.15, 0.2) is 36.4 Å². The Morgan fingerprint density at radius 2 is 2.12 bits per heavy atom. The predicted octanol–water partition coefficient (Wildman–Crippen LogP) is 1.65. The van der Waals surface area contributed by atoms with Gasteiger partial charge in [0.1, 0.15) is 17.5 Å². The number of aromatic amines is 1. The molecule has 0 spiro atoms. The van der Waals surface area contributed by atoms with Gasteiger partial charge in [-0.25, -0.2) is 5.01 Å². The average Bonchev–Trinajstić information content (AvgIpc) is 3.44. The van der Waals surface area contributed by atoms with Crippen LogP contribution < -0.4 is 20.8 Å². The number of fused-ring (bicyclic) bond motifs is 1.